The number of ether oxygens (including phenoxy) is 1. The lowest BCUT2D eigenvalue weighted by Gasteiger charge is -2.27. The second-order valence-electron chi connectivity index (χ2n) is 8.90. The summed E-state index contributed by atoms with van der Waals surface area (Å²) in [5, 5.41) is 16.8. The minimum atomic E-state index is -0.767. The van der Waals surface area contributed by atoms with Crippen LogP contribution in [0.15, 0.2) is 28.1 Å². The molecule has 0 aliphatic rings. The Kier molecular flexibility index (Phi) is 8.37. The Bertz CT molecular complexity index is 1100. The van der Waals surface area contributed by atoms with Crippen LogP contribution in [0.5, 0.6) is 0 Å². The summed E-state index contributed by atoms with van der Waals surface area (Å²) in [7, 11) is 1.59. The van der Waals surface area contributed by atoms with Gasteiger partial charge in [0.1, 0.15) is 5.60 Å². The van der Waals surface area contributed by atoms with Crippen molar-refractivity contribution in [2.24, 2.45) is 17.9 Å². The fourth-order valence-corrected chi connectivity index (χ4v) is 3.67. The predicted octanol–water partition coefficient (Wildman–Crippen LogP) is 4.29. The Morgan fingerprint density at radius 2 is 1.85 bits per heavy atom. The van der Waals surface area contributed by atoms with Crippen molar-refractivity contribution >= 4 is 40.8 Å². The van der Waals surface area contributed by atoms with Crippen molar-refractivity contribution in [3.05, 3.63) is 55.4 Å². The Hall–Kier alpha value is -2.78. The summed E-state index contributed by atoms with van der Waals surface area (Å²) < 4.78 is 6.73. The molecule has 33 heavy (non-hydrogen) atoms. The lowest BCUT2D eigenvalue weighted by molar-refractivity contribution is 0.0585. The number of aromatic nitrogens is 2. The van der Waals surface area contributed by atoms with E-state index in [1.54, 1.807) is 46.0 Å². The number of halogens is 2. The van der Waals surface area contributed by atoms with E-state index in [0.717, 1.165) is 0 Å². The summed E-state index contributed by atoms with van der Waals surface area (Å²) in [4.78, 5) is 26.2. The molecule has 3 N–H and O–H groups in total. The third kappa shape index (κ3) is 6.85. The van der Waals surface area contributed by atoms with E-state index < -0.39 is 11.7 Å². The molecular formula is C22H29Cl2N5O4. The molecule has 2 aromatic rings. The van der Waals surface area contributed by atoms with Gasteiger partial charge in [-0.2, -0.15) is 5.10 Å². The van der Waals surface area contributed by atoms with Crippen molar-refractivity contribution in [1.82, 2.24) is 9.78 Å². The van der Waals surface area contributed by atoms with Crippen LogP contribution in [0.3, 0.4) is 0 Å². The summed E-state index contributed by atoms with van der Waals surface area (Å²) in [6.07, 6.45) is -0.436. The molecule has 0 spiro atoms. The van der Waals surface area contributed by atoms with E-state index in [9.17, 15) is 9.59 Å². The van der Waals surface area contributed by atoms with Crippen molar-refractivity contribution in [2.75, 3.05) is 11.4 Å². The first-order valence-electron chi connectivity index (χ1n) is 10.3. The van der Waals surface area contributed by atoms with Crippen LogP contribution < -0.4 is 16.2 Å². The van der Waals surface area contributed by atoms with Gasteiger partial charge in [0.05, 0.1) is 17.9 Å². The molecule has 0 aliphatic heterocycles. The Labute approximate surface area is 202 Å². The number of amidine groups is 1. The highest BCUT2D eigenvalue weighted by molar-refractivity contribution is 6.36. The van der Waals surface area contributed by atoms with Crippen molar-refractivity contribution in [1.29, 1.82) is 0 Å². The number of amides is 1. The van der Waals surface area contributed by atoms with Gasteiger partial charge < -0.3 is 15.7 Å². The van der Waals surface area contributed by atoms with Crippen LogP contribution in [0, 0.1) is 0 Å². The standard InChI is InChI=1S/C22H29Cl2N5O4/c1-12(2)15-7-13(26-28(6)20(15)30)8-16-17(23)9-14(10-18(16)24)29(11-19(25)27-32)21(31)33-22(3,4)5/h7,9-10,12,32H,8,11H2,1-6H3,(H2,25,27). The number of anilines is 1. The zero-order valence-electron chi connectivity index (χ0n) is 19.5. The van der Waals surface area contributed by atoms with Gasteiger partial charge in [0.25, 0.3) is 5.56 Å². The Balaban J connectivity index is 2.47. The monoisotopic (exact) mass is 497 g/mol. The van der Waals surface area contributed by atoms with Crippen LogP contribution >= 0.6 is 23.2 Å². The van der Waals surface area contributed by atoms with E-state index >= 15 is 0 Å². The average molecular weight is 498 g/mol. The average Bonchev–Trinajstić information content (AvgIpc) is 2.69. The molecule has 1 heterocycles. The Morgan fingerprint density at radius 3 is 2.33 bits per heavy atom. The van der Waals surface area contributed by atoms with Gasteiger partial charge in [0.15, 0.2) is 5.84 Å². The number of nitrogens with two attached hydrogens (primary N) is 1. The highest BCUT2D eigenvalue weighted by atomic mass is 35.5. The summed E-state index contributed by atoms with van der Waals surface area (Å²) in [5.41, 5.74) is 6.87. The predicted molar refractivity (Wildman–Crippen MR) is 130 cm³/mol. The number of carbonyl (C=O) groups is 1. The zero-order chi connectivity index (χ0) is 25.1. The molecule has 180 valence electrons. The molecular weight excluding hydrogens is 469 g/mol. The maximum Gasteiger partial charge on any atom is 0.415 e. The van der Waals surface area contributed by atoms with E-state index in [0.29, 0.717) is 22.5 Å². The van der Waals surface area contributed by atoms with E-state index in [1.165, 1.54) is 9.58 Å². The second kappa shape index (κ2) is 10.4. The number of hydrogen-bond donors (Lipinski definition) is 2. The fraction of sp³-hybridized carbons (Fsp3) is 0.455. The molecule has 0 atom stereocenters. The van der Waals surface area contributed by atoms with Gasteiger partial charge in [-0.05, 0) is 50.5 Å². The van der Waals surface area contributed by atoms with Gasteiger partial charge >= 0.3 is 6.09 Å². The topological polar surface area (TPSA) is 123 Å². The van der Waals surface area contributed by atoms with Crippen LogP contribution in [0.1, 0.15) is 57.4 Å². The molecule has 1 amide bonds. The van der Waals surface area contributed by atoms with Crippen LogP contribution in [0.4, 0.5) is 10.5 Å². The minimum Gasteiger partial charge on any atom is -0.443 e. The molecule has 9 nitrogen and oxygen atoms in total. The summed E-state index contributed by atoms with van der Waals surface area (Å²) in [5.74, 6) is -0.174. The summed E-state index contributed by atoms with van der Waals surface area (Å²) >= 11 is 13.1. The lowest BCUT2D eigenvalue weighted by Crippen LogP contribution is -2.42. The van der Waals surface area contributed by atoms with Gasteiger partial charge in [0.2, 0.25) is 0 Å². The third-order valence-electron chi connectivity index (χ3n) is 4.62. The molecule has 11 heteroatoms. The molecule has 2 rings (SSSR count). The molecule has 1 aromatic carbocycles. The van der Waals surface area contributed by atoms with Gasteiger partial charge in [-0.15, -0.1) is 0 Å². The number of benzene rings is 1. The molecule has 1 aromatic heterocycles. The first-order chi connectivity index (χ1) is 15.2. The smallest absolute Gasteiger partial charge is 0.415 e. The number of nitrogens with zero attached hydrogens (tertiary/aromatic N) is 4. The van der Waals surface area contributed by atoms with Crippen molar-refractivity contribution in [2.45, 2.75) is 52.6 Å². The number of carbonyl (C=O) groups excluding carboxylic acids is 1. The van der Waals surface area contributed by atoms with Crippen LogP contribution in [0.25, 0.3) is 0 Å². The van der Waals surface area contributed by atoms with Crippen molar-refractivity contribution in [3.63, 3.8) is 0 Å². The SMILES string of the molecule is CC(C)c1cc(Cc2c(Cl)cc(N(C/C(N)=N/O)C(=O)OC(C)(C)C)cc2Cl)nn(C)c1=O. The normalized spacial score (nSPS) is 12.2. The van der Waals surface area contributed by atoms with E-state index in [2.05, 4.69) is 10.3 Å². The van der Waals surface area contributed by atoms with Crippen molar-refractivity contribution in [3.8, 4) is 0 Å². The van der Waals surface area contributed by atoms with Crippen LogP contribution in [0.2, 0.25) is 10.0 Å². The number of aryl methyl sites for hydroxylation is 1. The fourth-order valence-electron chi connectivity index (χ4n) is 3.06. The molecule has 0 radical (unpaired) electrons. The van der Waals surface area contributed by atoms with E-state index in [4.69, 9.17) is 38.9 Å². The van der Waals surface area contributed by atoms with E-state index in [-0.39, 0.29) is 40.3 Å². The highest BCUT2D eigenvalue weighted by Gasteiger charge is 2.26. The quantitative estimate of drug-likeness (QED) is 0.265. The number of rotatable bonds is 6. The van der Waals surface area contributed by atoms with Crippen LogP contribution in [-0.4, -0.2) is 39.1 Å². The molecule has 0 unspecified atom stereocenters. The zero-order valence-corrected chi connectivity index (χ0v) is 21.0. The molecule has 0 fully saturated rings. The summed E-state index contributed by atoms with van der Waals surface area (Å²) in [6.45, 7) is 8.80. The molecule has 0 saturated carbocycles. The first kappa shape index (κ1) is 26.5. The Morgan fingerprint density at radius 1 is 1.27 bits per heavy atom. The third-order valence-corrected chi connectivity index (χ3v) is 5.30. The van der Waals surface area contributed by atoms with Crippen molar-refractivity contribution < 1.29 is 14.7 Å². The largest absolute Gasteiger partial charge is 0.443 e. The summed E-state index contributed by atoms with van der Waals surface area (Å²) in [6, 6.07) is 4.84. The highest BCUT2D eigenvalue weighted by Crippen LogP contribution is 2.33. The van der Waals surface area contributed by atoms with Crippen LogP contribution in [-0.2, 0) is 18.2 Å². The lowest BCUT2D eigenvalue weighted by atomic mass is 10.0. The van der Waals surface area contributed by atoms with Gasteiger partial charge in [0, 0.05) is 29.1 Å². The first-order valence-corrected chi connectivity index (χ1v) is 11.0. The van der Waals surface area contributed by atoms with E-state index in [1.807, 2.05) is 13.8 Å². The van der Waals surface area contributed by atoms with Gasteiger partial charge in [-0.3, -0.25) is 9.69 Å². The maximum absolute atomic E-state index is 12.8. The number of oxime groups is 1. The number of hydrogen-bond acceptors (Lipinski definition) is 6. The second-order valence-corrected chi connectivity index (χ2v) is 9.71. The van der Waals surface area contributed by atoms with Gasteiger partial charge in [-0.1, -0.05) is 42.2 Å². The minimum absolute atomic E-state index is 0.0276. The molecule has 0 aliphatic carbocycles. The van der Waals surface area contributed by atoms with Gasteiger partial charge in [-0.25, -0.2) is 9.48 Å². The maximum atomic E-state index is 12.8. The molecule has 0 bridgehead atoms. The molecule has 0 saturated heterocycles.